The van der Waals surface area contributed by atoms with Crippen LogP contribution in [0, 0.1) is 11.8 Å². The number of rotatable bonds is 15. The van der Waals surface area contributed by atoms with E-state index < -0.39 is 15.1 Å². The van der Waals surface area contributed by atoms with Crippen LogP contribution < -0.4 is 21.2 Å². The Morgan fingerprint density at radius 2 is 0.641 bits per heavy atom. The fourth-order valence-corrected chi connectivity index (χ4v) is 17.4. The molecule has 0 amide bonds. The van der Waals surface area contributed by atoms with Crippen molar-refractivity contribution in [3.05, 3.63) is 443 Å². The molecule has 3 aromatic heterocycles. The summed E-state index contributed by atoms with van der Waals surface area (Å²) in [6, 6.07) is 132. The van der Waals surface area contributed by atoms with Crippen LogP contribution in [0.5, 0.6) is 17.2 Å². The Kier molecular flexibility index (Phi) is 21.9. The highest BCUT2D eigenvalue weighted by molar-refractivity contribution is 7.05. The van der Waals surface area contributed by atoms with Gasteiger partial charge in [0.15, 0.2) is 0 Å². The van der Waals surface area contributed by atoms with E-state index in [-0.39, 0.29) is 0 Å². The summed E-state index contributed by atoms with van der Waals surface area (Å²) >= 11 is -2.86. The molecule has 0 N–H and O–H groups in total. The van der Waals surface area contributed by atoms with Gasteiger partial charge in [-0.25, -0.2) is 0 Å². The maximum Gasteiger partial charge on any atom is 1.20 e. The Bertz CT molecular complexity index is 6560. The van der Waals surface area contributed by atoms with E-state index in [1.165, 1.54) is 98.6 Å². The maximum absolute atomic E-state index is 6.41. The molecule has 0 fully saturated rings. The van der Waals surface area contributed by atoms with Gasteiger partial charge in [0.1, 0.15) is 33.8 Å². The number of nitrogens with zero attached hydrogens (tertiary/aromatic N) is 6. The molecule has 0 aliphatic heterocycles. The molecule has 0 saturated heterocycles. The van der Waals surface area contributed by atoms with E-state index in [0.29, 0.717) is 29.1 Å². The summed E-state index contributed by atoms with van der Waals surface area (Å²) in [5.74, 6) is 2.50. The molecule has 2 atom stereocenters. The van der Waals surface area contributed by atoms with Gasteiger partial charge in [0.25, 0.3) is 7.98 Å². The van der Waals surface area contributed by atoms with Crippen molar-refractivity contribution in [1.29, 1.82) is 0 Å². The van der Waals surface area contributed by atoms with Crippen LogP contribution in [0.1, 0.15) is 0 Å². The minimum atomic E-state index is -2.86. The molecular formula is C105H75AlBN6O3P. The van der Waals surface area contributed by atoms with Crippen LogP contribution in [0.3, 0.4) is 0 Å². The van der Waals surface area contributed by atoms with Gasteiger partial charge >= 0.3 is 15.1 Å². The number of pyridine rings is 3. The number of hydrogen-bond donors (Lipinski definition) is 0. The largest absolute Gasteiger partial charge is 1.20 e. The normalized spacial score (nSPS) is 13.1. The third kappa shape index (κ3) is 15.8. The van der Waals surface area contributed by atoms with Gasteiger partial charge in [0.05, 0.1) is 5.69 Å². The van der Waals surface area contributed by atoms with Crippen molar-refractivity contribution < 1.29 is 11.4 Å². The summed E-state index contributed by atoms with van der Waals surface area (Å²) in [7, 11) is 6.97. The van der Waals surface area contributed by atoms with Gasteiger partial charge in [0.2, 0.25) is 0 Å². The predicted molar refractivity (Wildman–Crippen MR) is 492 cm³/mol. The summed E-state index contributed by atoms with van der Waals surface area (Å²) in [5.41, 5.74) is 16.8. The lowest BCUT2D eigenvalue weighted by Gasteiger charge is -2.36. The van der Waals surface area contributed by atoms with Crippen LogP contribution in [-0.4, -0.2) is 38.1 Å². The highest BCUT2D eigenvalue weighted by Crippen LogP contribution is 2.47. The second-order valence-electron chi connectivity index (χ2n) is 28.5. The number of fused-ring (bicyclic) bond motifs is 9. The zero-order chi connectivity index (χ0) is 78.6. The summed E-state index contributed by atoms with van der Waals surface area (Å²) < 4.78 is 22.0. The first-order valence-corrected chi connectivity index (χ1v) is 40.9. The minimum Gasteiger partial charge on any atom is -0.576 e. The lowest BCUT2D eigenvalue weighted by molar-refractivity contribution is 0.311. The van der Waals surface area contributed by atoms with Crippen LogP contribution in [0.4, 0.5) is 28.4 Å². The molecule has 0 spiro atoms. The van der Waals surface area contributed by atoms with Crippen molar-refractivity contribution in [3.63, 3.8) is 0 Å². The molecule has 2 unspecified atom stereocenters. The van der Waals surface area contributed by atoms with Crippen LogP contribution in [0.25, 0.3) is 120 Å². The van der Waals surface area contributed by atoms with E-state index in [9.17, 15) is 0 Å². The number of aromatic nitrogens is 3. The highest BCUT2D eigenvalue weighted by atomic mass is 31.0. The van der Waals surface area contributed by atoms with Gasteiger partial charge in [-0.3, -0.25) is 15.0 Å². The molecule has 2 aliphatic rings. The number of benzene rings is 16. The lowest BCUT2D eigenvalue weighted by atomic mass is 9.82. The molecule has 117 heavy (non-hydrogen) atoms. The first-order valence-electron chi connectivity index (χ1n) is 39.1. The quantitative estimate of drug-likeness (QED) is 0.0570. The molecule has 0 bridgehead atoms. The second kappa shape index (κ2) is 34.6. The Balaban J connectivity index is 0.000000121. The Labute approximate surface area is 688 Å². The fourth-order valence-electron chi connectivity index (χ4n) is 16.1. The summed E-state index contributed by atoms with van der Waals surface area (Å²) in [5, 5.41) is 15.6. The van der Waals surface area contributed by atoms with Gasteiger partial charge < -0.3 is 25.8 Å². The van der Waals surface area contributed by atoms with Crippen LogP contribution in [0.2, 0.25) is 0 Å². The van der Waals surface area contributed by atoms with Crippen molar-refractivity contribution in [3.8, 4) is 50.6 Å². The average molecular weight is 1540 g/mol. The highest BCUT2D eigenvalue weighted by Gasteiger charge is 2.46. The van der Waals surface area contributed by atoms with E-state index in [2.05, 4.69) is 374 Å². The van der Waals surface area contributed by atoms with Crippen molar-refractivity contribution in [2.75, 3.05) is 9.80 Å². The first kappa shape index (κ1) is 74.1. The van der Waals surface area contributed by atoms with E-state index in [0.717, 1.165) is 55.5 Å². The monoisotopic (exact) mass is 1540 g/mol. The van der Waals surface area contributed by atoms with Crippen LogP contribution in [0.15, 0.2) is 448 Å². The fraction of sp³-hybridized carbons (Fsp3) is 0.0190. The standard InChI is InChI=1S/C44H34N2.C34H22.3C9H7NO.Al.BHNP/c1-3-17-37(18-4-1)45(43-23-11-15-35-13-7-9-21-41(35)43)39-29-25-33(26-30-39)34-27-31-40(32-28-34)46(38-19-5-2-6-20-38)44-24-12-16-36-14-8-10-22-42(36)44;1-3-11-25-21-27(19-17-23(25)9-1)33-29-13-5-7-15-31(29)34(32-16-8-6-14-30(32)33)28-20-18-24-10-2-4-12-26(24)22-28;3*11-8-5-1-3-7-4-2-6-10-9(7)8;;1-2-3/h1-32,35,41H;1-22H;3*1-6,11H;;3H/q;;;;;+3;/p-3. The Hall–Kier alpha value is -14.3. The molecule has 9 nitrogen and oxygen atoms in total. The zero-order valence-corrected chi connectivity index (χ0v) is 65.9. The van der Waals surface area contributed by atoms with E-state index in [4.69, 9.17) is 11.4 Å². The van der Waals surface area contributed by atoms with Gasteiger partial charge in [-0.1, -0.05) is 309 Å². The zero-order valence-electron chi connectivity index (χ0n) is 63.8. The summed E-state index contributed by atoms with van der Waals surface area (Å²) in [4.78, 5) is 18.3. The Morgan fingerprint density at radius 3 is 1.11 bits per heavy atom. The van der Waals surface area contributed by atoms with Gasteiger partial charge in [-0.05, 0) is 200 Å². The maximum atomic E-state index is 6.41. The molecule has 3 heterocycles. The van der Waals surface area contributed by atoms with E-state index in [1.54, 1.807) is 18.6 Å². The average Bonchev–Trinajstić information content (AvgIpc) is 0.723. The van der Waals surface area contributed by atoms with Crippen LogP contribution in [-0.2, 0) is 0 Å². The third-order valence-electron chi connectivity index (χ3n) is 21.5. The van der Waals surface area contributed by atoms with E-state index in [1.807, 2.05) is 91.0 Å². The minimum absolute atomic E-state index is 0.303. The van der Waals surface area contributed by atoms with Crippen LogP contribution >= 0.6 is 9.03 Å². The van der Waals surface area contributed by atoms with Crippen molar-refractivity contribution in [1.82, 2.24) is 15.0 Å². The van der Waals surface area contributed by atoms with E-state index >= 15 is 0 Å². The lowest BCUT2D eigenvalue weighted by Crippen LogP contribution is -2.37. The summed E-state index contributed by atoms with van der Waals surface area (Å²) in [6.45, 7) is 0. The molecule has 16 aromatic carbocycles. The van der Waals surface area contributed by atoms with Crippen molar-refractivity contribution in [2.45, 2.75) is 0 Å². The van der Waals surface area contributed by atoms with Gasteiger partial charge in [-0.15, -0.1) is 0 Å². The topological polar surface area (TPSA) is 85.2 Å². The molecular weight excluding hydrogens is 1460 g/mol. The Morgan fingerprint density at radius 1 is 0.299 bits per heavy atom. The molecule has 2 aliphatic carbocycles. The molecule has 554 valence electrons. The summed E-state index contributed by atoms with van der Waals surface area (Å²) in [6.07, 6.45) is 20.9. The van der Waals surface area contributed by atoms with Gasteiger partial charge in [-0.2, -0.15) is 0 Å². The van der Waals surface area contributed by atoms with Gasteiger partial charge in [0, 0.05) is 80.4 Å². The third-order valence-corrected chi connectivity index (χ3v) is 22.8. The number of anilines is 5. The smallest absolute Gasteiger partial charge is 0.576 e. The second-order valence-corrected chi connectivity index (χ2v) is 30.1. The number of hydrogen-bond acceptors (Lipinski definition) is 9. The molecule has 19 aromatic rings. The molecule has 2 radical (unpaired) electrons. The van der Waals surface area contributed by atoms with Crippen molar-refractivity contribution in [2.24, 2.45) is 16.5 Å². The predicted octanol–water partition coefficient (Wildman–Crippen LogP) is 27.8. The first-order chi connectivity index (χ1) is 58.0. The number of para-hydroxylation sites is 5. The SMILES string of the molecule is C1=CC2C=CC=C(N(c3ccccc3)c3ccc(-c4ccc(N(c5ccccc5)c5cccc6ccccc56)cc4)cc3)C2C=C1.[B]N=P.c1ccc2cc(-c3c4ccccc4c(-c4ccc5ccccc5c4)c4ccccc34)ccc2c1.c1cnc2c([O][Al]([O]c3cccc4cccnc34)[O]c3cccc4cccnc34)cccc2c1. The van der Waals surface area contributed by atoms with Crippen molar-refractivity contribution >= 4 is 147 Å². The molecule has 12 heteroatoms. The number of allylic oxidation sites excluding steroid dienone is 7. The molecule has 21 rings (SSSR count). The molecule has 0 saturated carbocycles.